The van der Waals surface area contributed by atoms with Gasteiger partial charge < -0.3 is 16.6 Å². The van der Waals surface area contributed by atoms with E-state index in [0.29, 0.717) is 6.42 Å². The quantitative estimate of drug-likeness (QED) is 0.550. The zero-order valence-corrected chi connectivity index (χ0v) is 7.91. The van der Waals surface area contributed by atoms with Crippen molar-refractivity contribution in [1.29, 1.82) is 0 Å². The monoisotopic (exact) mass is 188 g/mol. The Labute approximate surface area is 77.1 Å². The van der Waals surface area contributed by atoms with E-state index in [2.05, 4.69) is 0 Å². The Balaban J connectivity index is 4.21. The van der Waals surface area contributed by atoms with Crippen molar-refractivity contribution in [1.82, 2.24) is 0 Å². The molecule has 0 heterocycles. The molecule has 0 aromatic rings. The Bertz CT molecular complexity index is 213. The van der Waals surface area contributed by atoms with Gasteiger partial charge in [0.2, 0.25) is 5.91 Å². The van der Waals surface area contributed by atoms with Gasteiger partial charge in [0.25, 0.3) is 0 Å². The van der Waals surface area contributed by atoms with E-state index in [1.54, 1.807) is 13.8 Å². The van der Waals surface area contributed by atoms with Crippen LogP contribution in [0.3, 0.4) is 0 Å². The number of carboxylic acids is 1. The van der Waals surface area contributed by atoms with Crippen molar-refractivity contribution < 1.29 is 14.7 Å². The summed E-state index contributed by atoms with van der Waals surface area (Å²) in [5.41, 5.74) is 9.77. The molecular weight excluding hydrogens is 172 g/mol. The predicted octanol–water partition coefficient (Wildman–Crippen LogP) is -0.310. The van der Waals surface area contributed by atoms with Gasteiger partial charge >= 0.3 is 5.97 Å². The van der Waals surface area contributed by atoms with Crippen molar-refractivity contribution in [2.75, 3.05) is 0 Å². The largest absolute Gasteiger partial charge is 0.480 e. The van der Waals surface area contributed by atoms with Crippen LogP contribution in [0, 0.1) is 5.41 Å². The van der Waals surface area contributed by atoms with Crippen LogP contribution in [0.4, 0.5) is 0 Å². The number of nitrogens with two attached hydrogens (primary N) is 2. The van der Waals surface area contributed by atoms with Gasteiger partial charge in [-0.1, -0.05) is 13.8 Å². The molecule has 0 aliphatic rings. The average Bonchev–Trinajstić information content (AvgIpc) is 1.99. The highest BCUT2D eigenvalue weighted by Gasteiger charge is 2.31. The van der Waals surface area contributed by atoms with Gasteiger partial charge in [0.1, 0.15) is 6.04 Å². The van der Waals surface area contributed by atoms with E-state index in [0.717, 1.165) is 0 Å². The topological polar surface area (TPSA) is 106 Å². The van der Waals surface area contributed by atoms with Crippen molar-refractivity contribution in [3.05, 3.63) is 0 Å². The third-order valence-corrected chi connectivity index (χ3v) is 2.12. The summed E-state index contributed by atoms with van der Waals surface area (Å²) in [6, 6.07) is -0.966. The maximum atomic E-state index is 10.5. The number of carbonyl (C=O) groups is 2. The lowest BCUT2D eigenvalue weighted by atomic mass is 9.80. The first-order valence-electron chi connectivity index (χ1n) is 4.04. The maximum absolute atomic E-state index is 10.5. The fourth-order valence-electron chi connectivity index (χ4n) is 0.935. The summed E-state index contributed by atoms with van der Waals surface area (Å²) in [5, 5.41) is 8.64. The summed E-state index contributed by atoms with van der Waals surface area (Å²) in [5.74, 6) is -1.50. The lowest BCUT2D eigenvalue weighted by Gasteiger charge is -2.27. The summed E-state index contributed by atoms with van der Waals surface area (Å²) in [6.07, 6.45) is 0.545. The molecular formula is C8H16N2O3. The molecule has 1 atom stereocenters. The van der Waals surface area contributed by atoms with Crippen molar-refractivity contribution in [3.63, 3.8) is 0 Å². The Hall–Kier alpha value is -1.10. The second kappa shape index (κ2) is 4.23. The fourth-order valence-corrected chi connectivity index (χ4v) is 0.935. The molecule has 0 fully saturated rings. The SMILES string of the molecule is CC(C)(CCC(N)=O)C(N)C(=O)O. The van der Waals surface area contributed by atoms with E-state index < -0.39 is 23.3 Å². The highest BCUT2D eigenvalue weighted by atomic mass is 16.4. The van der Waals surface area contributed by atoms with Crippen LogP contribution in [0.25, 0.3) is 0 Å². The highest BCUT2D eigenvalue weighted by Crippen LogP contribution is 2.25. The molecule has 1 unspecified atom stereocenters. The van der Waals surface area contributed by atoms with E-state index in [1.807, 2.05) is 0 Å². The van der Waals surface area contributed by atoms with E-state index in [-0.39, 0.29) is 6.42 Å². The Morgan fingerprint density at radius 1 is 1.46 bits per heavy atom. The van der Waals surface area contributed by atoms with Crippen molar-refractivity contribution >= 4 is 11.9 Å². The van der Waals surface area contributed by atoms with Crippen molar-refractivity contribution in [2.24, 2.45) is 16.9 Å². The molecule has 0 bridgehead atoms. The van der Waals surface area contributed by atoms with Gasteiger partial charge in [0.05, 0.1) is 0 Å². The van der Waals surface area contributed by atoms with Crippen LogP contribution >= 0.6 is 0 Å². The van der Waals surface area contributed by atoms with Crippen LogP contribution in [0.5, 0.6) is 0 Å². The second-order valence-electron chi connectivity index (χ2n) is 3.77. The molecule has 0 aliphatic carbocycles. The summed E-state index contributed by atoms with van der Waals surface area (Å²) in [6.45, 7) is 3.41. The van der Waals surface area contributed by atoms with E-state index in [9.17, 15) is 9.59 Å². The highest BCUT2D eigenvalue weighted by molar-refractivity contribution is 5.75. The number of aliphatic carboxylic acids is 1. The van der Waals surface area contributed by atoms with Crippen molar-refractivity contribution in [2.45, 2.75) is 32.7 Å². The molecule has 1 amide bonds. The number of hydrogen-bond acceptors (Lipinski definition) is 3. The third kappa shape index (κ3) is 3.89. The molecule has 0 spiro atoms. The third-order valence-electron chi connectivity index (χ3n) is 2.12. The number of amides is 1. The molecule has 13 heavy (non-hydrogen) atoms. The lowest BCUT2D eigenvalue weighted by Crippen LogP contribution is -2.44. The summed E-state index contributed by atoms with van der Waals surface area (Å²) in [7, 11) is 0. The minimum Gasteiger partial charge on any atom is -0.480 e. The summed E-state index contributed by atoms with van der Waals surface area (Å²) >= 11 is 0. The minimum absolute atomic E-state index is 0.161. The average molecular weight is 188 g/mol. The molecule has 0 aromatic carbocycles. The van der Waals surface area contributed by atoms with Gasteiger partial charge in [-0.15, -0.1) is 0 Å². The number of carbonyl (C=O) groups excluding carboxylic acids is 1. The van der Waals surface area contributed by atoms with Gasteiger partial charge in [-0.25, -0.2) is 0 Å². The first kappa shape index (κ1) is 11.9. The van der Waals surface area contributed by atoms with Crippen molar-refractivity contribution in [3.8, 4) is 0 Å². The predicted molar refractivity (Wildman–Crippen MR) is 47.8 cm³/mol. The summed E-state index contributed by atoms with van der Waals surface area (Å²) < 4.78 is 0. The normalized spacial score (nSPS) is 13.8. The van der Waals surface area contributed by atoms with Crippen LogP contribution in [-0.2, 0) is 9.59 Å². The molecule has 5 heteroatoms. The number of primary amides is 1. The molecule has 5 N–H and O–H groups in total. The van der Waals surface area contributed by atoms with Gasteiger partial charge in [0.15, 0.2) is 0 Å². The Kier molecular flexibility index (Phi) is 3.87. The van der Waals surface area contributed by atoms with E-state index >= 15 is 0 Å². The number of rotatable bonds is 5. The van der Waals surface area contributed by atoms with E-state index in [4.69, 9.17) is 16.6 Å². The molecule has 0 saturated heterocycles. The summed E-state index contributed by atoms with van der Waals surface area (Å²) in [4.78, 5) is 21.0. The molecule has 0 rings (SSSR count). The smallest absolute Gasteiger partial charge is 0.321 e. The molecule has 0 aliphatic heterocycles. The van der Waals surface area contributed by atoms with Gasteiger partial charge in [-0.05, 0) is 11.8 Å². The molecule has 0 radical (unpaired) electrons. The zero-order chi connectivity index (χ0) is 10.6. The number of hydrogen-bond donors (Lipinski definition) is 3. The van der Waals surface area contributed by atoms with Crippen LogP contribution < -0.4 is 11.5 Å². The molecule has 76 valence electrons. The first-order chi connectivity index (χ1) is 5.77. The molecule has 5 nitrogen and oxygen atoms in total. The van der Waals surface area contributed by atoms with Crippen LogP contribution in [0.2, 0.25) is 0 Å². The maximum Gasteiger partial charge on any atom is 0.321 e. The Morgan fingerprint density at radius 3 is 2.23 bits per heavy atom. The Morgan fingerprint density at radius 2 is 1.92 bits per heavy atom. The second-order valence-corrected chi connectivity index (χ2v) is 3.77. The number of carboxylic acid groups (broad SMARTS) is 1. The van der Waals surface area contributed by atoms with Gasteiger partial charge in [-0.3, -0.25) is 9.59 Å². The standard InChI is InChI=1S/C8H16N2O3/c1-8(2,4-3-5(9)11)6(10)7(12)13/h6H,3-4,10H2,1-2H3,(H2,9,11)(H,12,13). The lowest BCUT2D eigenvalue weighted by molar-refractivity contribution is -0.141. The van der Waals surface area contributed by atoms with Gasteiger partial charge in [-0.2, -0.15) is 0 Å². The van der Waals surface area contributed by atoms with Crippen LogP contribution in [-0.4, -0.2) is 23.0 Å². The molecule has 0 aromatic heterocycles. The first-order valence-corrected chi connectivity index (χ1v) is 4.04. The minimum atomic E-state index is -1.06. The van der Waals surface area contributed by atoms with E-state index in [1.165, 1.54) is 0 Å². The fraction of sp³-hybridized carbons (Fsp3) is 0.750. The zero-order valence-electron chi connectivity index (χ0n) is 7.91. The van der Waals surface area contributed by atoms with Crippen LogP contribution in [0.1, 0.15) is 26.7 Å². The van der Waals surface area contributed by atoms with Crippen LogP contribution in [0.15, 0.2) is 0 Å². The molecule has 0 saturated carbocycles. The van der Waals surface area contributed by atoms with Gasteiger partial charge in [0, 0.05) is 6.42 Å².